The van der Waals surface area contributed by atoms with Gasteiger partial charge in [0.1, 0.15) is 0 Å². The number of carbonyl (C=O) groups is 2. The smallest absolute Gasteiger partial charge is 0.406 e. The number of alkyl halides is 3. The first-order valence-electron chi connectivity index (χ1n) is 6.84. The summed E-state index contributed by atoms with van der Waals surface area (Å²) in [4.78, 5) is 24.2. The van der Waals surface area contributed by atoms with E-state index in [9.17, 15) is 22.8 Å². The van der Waals surface area contributed by atoms with Crippen molar-refractivity contribution in [3.05, 3.63) is 30.2 Å². The molecule has 1 saturated heterocycles. The van der Waals surface area contributed by atoms with E-state index in [0.29, 0.717) is 5.76 Å². The van der Waals surface area contributed by atoms with Gasteiger partial charge in [0.2, 0.25) is 5.76 Å². The lowest BCUT2D eigenvalue weighted by atomic mass is 9.86. The molecule has 7 nitrogen and oxygen atoms in total. The highest BCUT2D eigenvalue weighted by atomic mass is 19.4. The zero-order chi connectivity index (χ0) is 17.5. The maximum Gasteiger partial charge on any atom is 0.406 e. The summed E-state index contributed by atoms with van der Waals surface area (Å²) < 4.78 is 49.4. The molecule has 128 valence electrons. The number of aromatic nitrogens is 1. The van der Waals surface area contributed by atoms with Gasteiger partial charge in [-0.05, 0) is 18.6 Å². The Bertz CT molecular complexity index is 768. The molecule has 1 unspecified atom stereocenters. The van der Waals surface area contributed by atoms with Crippen molar-refractivity contribution in [1.82, 2.24) is 10.1 Å². The van der Waals surface area contributed by atoms with Crippen LogP contribution in [0.2, 0.25) is 0 Å². The highest BCUT2D eigenvalue weighted by Crippen LogP contribution is 2.46. The molecule has 0 aliphatic carbocycles. The van der Waals surface area contributed by atoms with Gasteiger partial charge in [-0.25, -0.2) is 0 Å². The van der Waals surface area contributed by atoms with E-state index in [4.69, 9.17) is 14.0 Å². The minimum atomic E-state index is -4.96. The molecule has 1 fully saturated rings. The van der Waals surface area contributed by atoms with E-state index in [1.165, 1.54) is 12.3 Å². The number of carbonyl (C=O) groups excluding carboxylic acids is 1. The van der Waals surface area contributed by atoms with E-state index in [1.54, 1.807) is 12.1 Å². The maximum absolute atomic E-state index is 13.1. The lowest BCUT2D eigenvalue weighted by Crippen LogP contribution is -2.47. The third kappa shape index (κ3) is 2.43. The Labute approximate surface area is 132 Å². The van der Waals surface area contributed by atoms with Crippen LogP contribution in [0, 0.1) is 5.41 Å². The zero-order valence-electron chi connectivity index (χ0n) is 12.0. The average molecular weight is 344 g/mol. The fourth-order valence-corrected chi connectivity index (χ4v) is 2.58. The van der Waals surface area contributed by atoms with Gasteiger partial charge in [0.25, 0.3) is 5.91 Å². The van der Waals surface area contributed by atoms with Crippen LogP contribution in [-0.4, -0.2) is 46.3 Å². The van der Waals surface area contributed by atoms with Crippen molar-refractivity contribution in [1.29, 1.82) is 0 Å². The molecule has 2 aromatic heterocycles. The van der Waals surface area contributed by atoms with E-state index < -0.39 is 36.4 Å². The van der Waals surface area contributed by atoms with Gasteiger partial charge in [-0.1, -0.05) is 5.16 Å². The van der Waals surface area contributed by atoms with Crippen LogP contribution in [0.15, 0.2) is 33.4 Å². The third-order valence-corrected chi connectivity index (χ3v) is 4.00. The maximum atomic E-state index is 13.1. The van der Waals surface area contributed by atoms with Gasteiger partial charge in [-0.15, -0.1) is 0 Å². The largest absolute Gasteiger partial charge is 0.481 e. The zero-order valence-corrected chi connectivity index (χ0v) is 12.0. The number of halogens is 3. The van der Waals surface area contributed by atoms with Crippen LogP contribution in [-0.2, 0) is 4.79 Å². The second-order valence-electron chi connectivity index (χ2n) is 5.42. The number of carboxylic acid groups (broad SMARTS) is 1. The third-order valence-electron chi connectivity index (χ3n) is 4.00. The van der Waals surface area contributed by atoms with E-state index in [2.05, 4.69) is 5.16 Å². The Kier molecular flexibility index (Phi) is 3.61. The predicted octanol–water partition coefficient (Wildman–Crippen LogP) is 2.41. The molecule has 1 N–H and O–H groups in total. The summed E-state index contributed by atoms with van der Waals surface area (Å²) in [5.41, 5.74) is -3.18. The highest BCUT2D eigenvalue weighted by Gasteiger charge is 2.64. The summed E-state index contributed by atoms with van der Waals surface area (Å²) in [7, 11) is 0. The van der Waals surface area contributed by atoms with E-state index in [1.807, 2.05) is 0 Å². The van der Waals surface area contributed by atoms with E-state index in [-0.39, 0.29) is 18.0 Å². The number of amides is 1. The molecule has 0 radical (unpaired) electrons. The van der Waals surface area contributed by atoms with Crippen LogP contribution >= 0.6 is 0 Å². The fourth-order valence-electron chi connectivity index (χ4n) is 2.58. The molecule has 1 amide bonds. The summed E-state index contributed by atoms with van der Waals surface area (Å²) in [6, 6.07) is 4.38. The molecule has 1 aliphatic heterocycles. The van der Waals surface area contributed by atoms with Crippen molar-refractivity contribution in [2.24, 2.45) is 5.41 Å². The van der Waals surface area contributed by atoms with Crippen LogP contribution in [0.25, 0.3) is 11.5 Å². The van der Waals surface area contributed by atoms with E-state index >= 15 is 0 Å². The number of likely N-dealkylation sites (tertiary alicyclic amines) is 1. The van der Waals surface area contributed by atoms with Crippen LogP contribution in [0.5, 0.6) is 0 Å². The van der Waals surface area contributed by atoms with Crippen molar-refractivity contribution in [2.75, 3.05) is 13.1 Å². The first-order chi connectivity index (χ1) is 11.2. The molecule has 0 aromatic carbocycles. The summed E-state index contributed by atoms with van der Waals surface area (Å²) in [5.74, 6) is -2.38. The molecule has 3 rings (SSSR count). The Morgan fingerprint density at radius 1 is 1.33 bits per heavy atom. The normalized spacial score (nSPS) is 21.2. The summed E-state index contributed by atoms with van der Waals surface area (Å²) >= 11 is 0. The van der Waals surface area contributed by atoms with Gasteiger partial charge in [-0.2, -0.15) is 13.2 Å². The predicted molar refractivity (Wildman–Crippen MR) is 70.8 cm³/mol. The Morgan fingerprint density at radius 3 is 2.62 bits per heavy atom. The van der Waals surface area contributed by atoms with Gasteiger partial charge < -0.3 is 18.9 Å². The molecule has 0 bridgehead atoms. The Balaban J connectivity index is 1.81. The lowest BCUT2D eigenvalue weighted by Gasteiger charge is -2.26. The van der Waals surface area contributed by atoms with Crippen molar-refractivity contribution in [3.63, 3.8) is 0 Å². The molecule has 1 aliphatic rings. The number of nitrogens with zero attached hydrogens (tertiary/aromatic N) is 2. The number of hydrogen-bond donors (Lipinski definition) is 1. The van der Waals surface area contributed by atoms with Gasteiger partial charge in [0.05, 0.1) is 6.26 Å². The number of aliphatic carboxylic acids is 1. The molecule has 0 spiro atoms. The molecular formula is C14H11F3N2O5. The number of furan rings is 1. The van der Waals surface area contributed by atoms with Crippen molar-refractivity contribution >= 4 is 11.9 Å². The number of hydrogen-bond acceptors (Lipinski definition) is 5. The second kappa shape index (κ2) is 5.39. The second-order valence-corrected chi connectivity index (χ2v) is 5.42. The highest BCUT2D eigenvalue weighted by molar-refractivity contribution is 5.94. The Morgan fingerprint density at radius 2 is 2.08 bits per heavy atom. The number of rotatable bonds is 3. The molecule has 3 heterocycles. The topological polar surface area (TPSA) is 96.8 Å². The Hall–Kier alpha value is -2.78. The molecule has 1 atom stereocenters. The van der Waals surface area contributed by atoms with Crippen LogP contribution in [0.1, 0.15) is 16.9 Å². The van der Waals surface area contributed by atoms with Crippen LogP contribution < -0.4 is 0 Å². The monoisotopic (exact) mass is 344 g/mol. The van der Waals surface area contributed by atoms with E-state index in [0.717, 1.165) is 4.90 Å². The van der Waals surface area contributed by atoms with Gasteiger partial charge in [-0.3, -0.25) is 9.59 Å². The summed E-state index contributed by atoms with van der Waals surface area (Å²) in [6.45, 7) is -1.30. The van der Waals surface area contributed by atoms with Crippen LogP contribution in [0.4, 0.5) is 13.2 Å². The molecule has 2 aromatic rings. The summed E-state index contributed by atoms with van der Waals surface area (Å²) in [5, 5.41) is 12.5. The van der Waals surface area contributed by atoms with Crippen molar-refractivity contribution in [3.8, 4) is 11.5 Å². The van der Waals surface area contributed by atoms with Crippen molar-refractivity contribution in [2.45, 2.75) is 12.6 Å². The van der Waals surface area contributed by atoms with Gasteiger partial charge in [0.15, 0.2) is 16.9 Å². The first kappa shape index (κ1) is 16.1. The summed E-state index contributed by atoms with van der Waals surface area (Å²) in [6.07, 6.45) is -4.29. The van der Waals surface area contributed by atoms with Crippen LogP contribution in [0.3, 0.4) is 0 Å². The standard InChI is InChI=1S/C14H11F3N2O5/c15-14(16,17)13(12(21)22)3-4-19(7-13)11(20)8-6-10(24-18-8)9-2-1-5-23-9/h1-2,5-6H,3-4,7H2,(H,21,22). The first-order valence-corrected chi connectivity index (χ1v) is 6.84. The SMILES string of the molecule is O=C(c1cc(-c2ccco2)on1)N1CCC(C(=O)O)(C(F)(F)F)C1. The van der Waals surface area contributed by atoms with Gasteiger partial charge >= 0.3 is 12.1 Å². The molecule has 0 saturated carbocycles. The molecule has 10 heteroatoms. The van der Waals surface area contributed by atoms with Crippen molar-refractivity contribution < 1.29 is 36.8 Å². The quantitative estimate of drug-likeness (QED) is 0.918. The fraction of sp³-hybridized carbons (Fsp3) is 0.357. The molecule has 24 heavy (non-hydrogen) atoms. The minimum absolute atomic E-state index is 0.142. The average Bonchev–Trinajstić information content (AvgIpc) is 3.24. The van der Waals surface area contributed by atoms with Gasteiger partial charge in [0, 0.05) is 19.2 Å². The lowest BCUT2D eigenvalue weighted by molar-refractivity contribution is -0.227. The number of carboxylic acids is 1. The molecular weight excluding hydrogens is 333 g/mol. The minimum Gasteiger partial charge on any atom is -0.481 e.